The van der Waals surface area contributed by atoms with Crippen molar-refractivity contribution < 1.29 is 49.6 Å². The van der Waals surface area contributed by atoms with Gasteiger partial charge in [-0.15, -0.1) is 0 Å². The van der Waals surface area contributed by atoms with E-state index in [1.807, 2.05) is 0 Å². The number of hydrogen-bond donors (Lipinski definition) is 10. The Balaban J connectivity index is 1.69. The molecule has 14 atom stereocenters. The summed E-state index contributed by atoms with van der Waals surface area (Å²) in [4.78, 5) is 0. The molecule has 2 saturated heterocycles. The van der Waals surface area contributed by atoms with Crippen molar-refractivity contribution >= 4 is 0 Å². The molecule has 0 bridgehead atoms. The summed E-state index contributed by atoms with van der Waals surface area (Å²) in [5.74, 6) is 0. The van der Waals surface area contributed by atoms with Gasteiger partial charge >= 0.3 is 0 Å². The van der Waals surface area contributed by atoms with E-state index >= 15 is 0 Å². The van der Waals surface area contributed by atoms with Crippen molar-refractivity contribution in [3.63, 3.8) is 0 Å². The second-order valence-corrected chi connectivity index (χ2v) is 8.68. The fraction of sp³-hybridized carbons (Fsp3) is 1.00. The first kappa shape index (κ1) is 26.1. The number of ether oxygens (including phenoxy) is 4. The highest BCUT2D eigenvalue weighted by Gasteiger charge is 2.50. The molecule has 1 saturated carbocycles. The minimum atomic E-state index is -1.62. The van der Waals surface area contributed by atoms with Crippen molar-refractivity contribution in [1.29, 1.82) is 0 Å². The SMILES string of the molecule is NC[C@@H]1O[C@H](O[C@H]2[C@@H](O)[C@@H](O[C@@H]3C[C@H](N)[C@H](O)[C@H](CO)O3)[C@@H](N)C[C@H]2N)[C@H](O)[C@@H](O)[C@@H]1O. The molecule has 2 heterocycles. The molecular formula is C18H36N4O10. The summed E-state index contributed by atoms with van der Waals surface area (Å²) in [6.45, 7) is -0.615. The van der Waals surface area contributed by atoms with E-state index < -0.39 is 92.2 Å². The molecule has 0 aromatic carbocycles. The third kappa shape index (κ3) is 5.24. The number of nitrogens with two attached hydrogens (primary N) is 4. The summed E-state index contributed by atoms with van der Waals surface area (Å²) in [6.07, 6.45) is -13.3. The molecule has 14 nitrogen and oxygen atoms in total. The van der Waals surface area contributed by atoms with E-state index in [0.717, 1.165) is 0 Å². The maximum absolute atomic E-state index is 10.9. The second-order valence-electron chi connectivity index (χ2n) is 8.68. The number of rotatable bonds is 6. The van der Waals surface area contributed by atoms with Gasteiger partial charge in [-0.2, -0.15) is 0 Å². The lowest BCUT2D eigenvalue weighted by Gasteiger charge is -2.47. The van der Waals surface area contributed by atoms with Crippen molar-refractivity contribution in [3.05, 3.63) is 0 Å². The zero-order valence-corrected chi connectivity index (χ0v) is 17.5. The normalized spacial score (nSPS) is 52.7. The van der Waals surface area contributed by atoms with Crippen LogP contribution >= 0.6 is 0 Å². The largest absolute Gasteiger partial charge is 0.394 e. The van der Waals surface area contributed by atoms with Gasteiger partial charge in [-0.3, -0.25) is 0 Å². The molecule has 0 unspecified atom stereocenters. The lowest BCUT2D eigenvalue weighted by atomic mass is 9.84. The van der Waals surface area contributed by atoms with Crippen LogP contribution < -0.4 is 22.9 Å². The van der Waals surface area contributed by atoms with Crippen LogP contribution in [-0.4, -0.2) is 129 Å². The van der Waals surface area contributed by atoms with Gasteiger partial charge in [0.05, 0.1) is 12.7 Å². The first-order valence-electron chi connectivity index (χ1n) is 10.7. The average molecular weight is 469 g/mol. The van der Waals surface area contributed by atoms with E-state index in [-0.39, 0.29) is 19.4 Å². The van der Waals surface area contributed by atoms with Gasteiger partial charge in [0.2, 0.25) is 0 Å². The van der Waals surface area contributed by atoms with E-state index in [9.17, 15) is 30.6 Å². The van der Waals surface area contributed by atoms with Crippen LogP contribution in [0.2, 0.25) is 0 Å². The van der Waals surface area contributed by atoms with Gasteiger partial charge in [0.25, 0.3) is 0 Å². The standard InChI is InChI=1S/C18H36N4O10/c19-3-8-12(25)13(26)14(27)18(30-8)32-17-7(22)1-6(21)16(15(17)28)31-10-2-5(20)11(24)9(4-23)29-10/h5-18,23-28H,1-4,19-22H2/t5-,6-,7+,8-,9-,10+,11-,12+,13-,14+,15-,16-,17+,18+/m0/s1. The van der Waals surface area contributed by atoms with E-state index in [1.54, 1.807) is 0 Å². The molecule has 0 amide bonds. The Hall–Kier alpha value is -0.560. The molecule has 188 valence electrons. The van der Waals surface area contributed by atoms with Crippen LogP contribution in [0.3, 0.4) is 0 Å². The maximum Gasteiger partial charge on any atom is 0.187 e. The van der Waals surface area contributed by atoms with E-state index in [4.69, 9.17) is 41.9 Å². The second kappa shape index (κ2) is 10.8. The van der Waals surface area contributed by atoms with Gasteiger partial charge in [-0.05, 0) is 6.42 Å². The van der Waals surface area contributed by atoms with Gasteiger partial charge in [0, 0.05) is 31.1 Å². The zero-order valence-electron chi connectivity index (χ0n) is 17.5. The molecule has 3 rings (SSSR count). The predicted molar refractivity (Wildman–Crippen MR) is 106 cm³/mol. The van der Waals surface area contributed by atoms with Crippen molar-refractivity contribution in [2.45, 2.75) is 98.5 Å². The van der Waals surface area contributed by atoms with Crippen LogP contribution in [0, 0.1) is 0 Å². The van der Waals surface area contributed by atoms with Crippen LogP contribution in [0.15, 0.2) is 0 Å². The Morgan fingerprint density at radius 3 is 1.91 bits per heavy atom. The Morgan fingerprint density at radius 2 is 1.31 bits per heavy atom. The Morgan fingerprint density at radius 1 is 0.688 bits per heavy atom. The van der Waals surface area contributed by atoms with Crippen LogP contribution in [0.4, 0.5) is 0 Å². The molecule has 0 radical (unpaired) electrons. The van der Waals surface area contributed by atoms with Crippen molar-refractivity contribution in [2.24, 2.45) is 22.9 Å². The van der Waals surface area contributed by atoms with E-state index in [0.29, 0.717) is 0 Å². The fourth-order valence-corrected chi connectivity index (χ4v) is 4.40. The van der Waals surface area contributed by atoms with Gasteiger partial charge < -0.3 is 72.5 Å². The number of hydrogen-bond acceptors (Lipinski definition) is 14. The highest BCUT2D eigenvalue weighted by Crippen LogP contribution is 2.31. The van der Waals surface area contributed by atoms with E-state index in [2.05, 4.69) is 0 Å². The van der Waals surface area contributed by atoms with Gasteiger partial charge in [0.15, 0.2) is 12.6 Å². The van der Waals surface area contributed by atoms with E-state index in [1.165, 1.54) is 0 Å². The van der Waals surface area contributed by atoms with Crippen molar-refractivity contribution in [2.75, 3.05) is 13.2 Å². The molecule has 1 aliphatic carbocycles. The molecule has 0 spiro atoms. The van der Waals surface area contributed by atoms with Crippen LogP contribution in [-0.2, 0) is 18.9 Å². The molecule has 2 aliphatic heterocycles. The van der Waals surface area contributed by atoms with Crippen LogP contribution in [0.25, 0.3) is 0 Å². The van der Waals surface area contributed by atoms with Gasteiger partial charge in [-0.25, -0.2) is 0 Å². The van der Waals surface area contributed by atoms with Crippen LogP contribution in [0.5, 0.6) is 0 Å². The third-order valence-corrected chi connectivity index (χ3v) is 6.35. The van der Waals surface area contributed by atoms with Gasteiger partial charge in [0.1, 0.15) is 48.8 Å². The quantitative estimate of drug-likeness (QED) is 0.174. The fourth-order valence-electron chi connectivity index (χ4n) is 4.40. The third-order valence-electron chi connectivity index (χ3n) is 6.35. The number of aliphatic hydroxyl groups is 6. The molecule has 0 aromatic heterocycles. The average Bonchev–Trinajstić information content (AvgIpc) is 2.76. The minimum Gasteiger partial charge on any atom is -0.394 e. The first-order chi connectivity index (χ1) is 15.1. The summed E-state index contributed by atoms with van der Waals surface area (Å²) in [7, 11) is 0. The molecule has 32 heavy (non-hydrogen) atoms. The first-order valence-corrected chi connectivity index (χ1v) is 10.7. The summed E-state index contributed by atoms with van der Waals surface area (Å²) < 4.78 is 22.5. The lowest BCUT2D eigenvalue weighted by molar-refractivity contribution is -0.325. The minimum absolute atomic E-state index is 0.0951. The van der Waals surface area contributed by atoms with Crippen molar-refractivity contribution in [1.82, 2.24) is 0 Å². The smallest absolute Gasteiger partial charge is 0.187 e. The molecule has 14 N–H and O–H groups in total. The maximum atomic E-state index is 10.9. The molecular weight excluding hydrogens is 432 g/mol. The predicted octanol–water partition coefficient (Wildman–Crippen LogP) is -6.26. The molecule has 3 fully saturated rings. The van der Waals surface area contributed by atoms with Crippen LogP contribution in [0.1, 0.15) is 12.8 Å². The Bertz CT molecular complexity index is 606. The Kier molecular flexibility index (Phi) is 8.79. The number of aliphatic hydroxyl groups excluding tert-OH is 6. The Labute approximate surface area is 185 Å². The summed E-state index contributed by atoms with van der Waals surface area (Å²) in [6, 6.07) is -2.19. The molecule has 3 aliphatic rings. The van der Waals surface area contributed by atoms with Gasteiger partial charge in [-0.1, -0.05) is 0 Å². The van der Waals surface area contributed by atoms with Crippen molar-refractivity contribution in [3.8, 4) is 0 Å². The molecule has 0 aromatic rings. The highest BCUT2D eigenvalue weighted by molar-refractivity contribution is 5.00. The lowest BCUT2D eigenvalue weighted by Crippen LogP contribution is -2.67. The summed E-state index contributed by atoms with van der Waals surface area (Å²) >= 11 is 0. The summed E-state index contributed by atoms with van der Waals surface area (Å²) in [5, 5.41) is 60.5. The highest BCUT2D eigenvalue weighted by atomic mass is 16.7. The summed E-state index contributed by atoms with van der Waals surface area (Å²) in [5.41, 5.74) is 23.7. The topological polar surface area (TPSA) is 262 Å². The zero-order chi connectivity index (χ0) is 23.7. The monoisotopic (exact) mass is 468 g/mol. The molecule has 14 heteroatoms.